The molecular weight excluding hydrogens is 528 g/mol. The Morgan fingerprint density at radius 1 is 0.364 bits per heavy atom. The third-order valence-electron chi connectivity index (χ3n) is 8.98. The molecule has 44 heavy (non-hydrogen) atoms. The summed E-state index contributed by atoms with van der Waals surface area (Å²) in [6, 6.07) is 52.7. The average molecular weight is 559 g/mol. The van der Waals surface area contributed by atoms with Gasteiger partial charge in [0, 0.05) is 0 Å². The van der Waals surface area contributed by atoms with Crippen LogP contribution in [-0.4, -0.2) is 0 Å². The maximum atomic E-state index is 4.30. The van der Waals surface area contributed by atoms with Crippen molar-refractivity contribution in [1.82, 2.24) is 0 Å². The Morgan fingerprint density at radius 2 is 0.886 bits per heavy atom. The largest absolute Gasteiger partial charge is 0.0984 e. The van der Waals surface area contributed by atoms with Gasteiger partial charge in [-0.25, -0.2) is 0 Å². The van der Waals surface area contributed by atoms with Gasteiger partial charge in [-0.3, -0.25) is 0 Å². The Bertz CT molecular complexity index is 2410. The fraction of sp³-hybridized carbons (Fsp3) is 0. The molecule has 0 N–H and O–H groups in total. The summed E-state index contributed by atoms with van der Waals surface area (Å²) in [5.74, 6) is 0. The van der Waals surface area contributed by atoms with Gasteiger partial charge in [-0.05, 0) is 99.7 Å². The average Bonchev–Trinajstić information content (AvgIpc) is 3.10. The molecule has 0 saturated heterocycles. The van der Waals surface area contributed by atoms with Gasteiger partial charge in [0.15, 0.2) is 0 Å². The summed E-state index contributed by atoms with van der Waals surface area (Å²) >= 11 is 0. The summed E-state index contributed by atoms with van der Waals surface area (Å²) in [4.78, 5) is 0. The van der Waals surface area contributed by atoms with Gasteiger partial charge in [0.05, 0.1) is 0 Å². The molecule has 8 aromatic carbocycles. The molecule has 0 aromatic heterocycles. The van der Waals surface area contributed by atoms with Gasteiger partial charge in [-0.15, -0.1) is 0 Å². The summed E-state index contributed by atoms with van der Waals surface area (Å²) in [7, 11) is 0. The Balaban J connectivity index is 1.42. The lowest BCUT2D eigenvalue weighted by Crippen LogP contribution is -1.96. The van der Waals surface area contributed by atoms with Crippen LogP contribution in [0.4, 0.5) is 0 Å². The van der Waals surface area contributed by atoms with E-state index >= 15 is 0 Å². The van der Waals surface area contributed by atoms with Gasteiger partial charge in [0.1, 0.15) is 0 Å². The summed E-state index contributed by atoms with van der Waals surface area (Å²) in [6.45, 7) is 8.57. The number of fused-ring (bicyclic) bond motifs is 6. The fourth-order valence-electron chi connectivity index (χ4n) is 7.09. The van der Waals surface area contributed by atoms with E-state index in [0.717, 1.165) is 11.1 Å². The third kappa shape index (κ3) is 4.00. The summed E-state index contributed by atoms with van der Waals surface area (Å²) in [5.41, 5.74) is 9.36. The van der Waals surface area contributed by atoms with Crippen LogP contribution in [-0.2, 0) is 0 Å². The normalized spacial score (nSPS) is 11.4. The zero-order valence-corrected chi connectivity index (χ0v) is 24.4. The van der Waals surface area contributed by atoms with Crippen molar-refractivity contribution in [2.75, 3.05) is 0 Å². The van der Waals surface area contributed by atoms with Crippen LogP contribution in [0.5, 0.6) is 0 Å². The van der Waals surface area contributed by atoms with Crippen LogP contribution >= 0.6 is 0 Å². The topological polar surface area (TPSA) is 0 Å². The van der Waals surface area contributed by atoms with Gasteiger partial charge in [-0.2, -0.15) is 0 Å². The predicted molar refractivity (Wildman–Crippen MR) is 193 cm³/mol. The first-order chi connectivity index (χ1) is 21.8. The van der Waals surface area contributed by atoms with Gasteiger partial charge in [0.2, 0.25) is 0 Å². The van der Waals surface area contributed by atoms with E-state index in [1.54, 1.807) is 0 Å². The molecular formula is C44H30. The van der Waals surface area contributed by atoms with E-state index in [4.69, 9.17) is 0 Å². The monoisotopic (exact) mass is 558 g/mol. The molecule has 0 amide bonds. The third-order valence-corrected chi connectivity index (χ3v) is 8.98. The Morgan fingerprint density at radius 3 is 1.59 bits per heavy atom. The second-order valence-corrected chi connectivity index (χ2v) is 11.3. The number of hydrogen-bond donors (Lipinski definition) is 0. The van der Waals surface area contributed by atoms with Crippen LogP contribution in [0.25, 0.3) is 88.6 Å². The highest BCUT2D eigenvalue weighted by Gasteiger charge is 2.19. The first-order valence-corrected chi connectivity index (χ1v) is 15.1. The van der Waals surface area contributed by atoms with Crippen molar-refractivity contribution in [3.05, 3.63) is 170 Å². The lowest BCUT2D eigenvalue weighted by Gasteiger charge is -2.20. The molecule has 0 heteroatoms. The van der Waals surface area contributed by atoms with Crippen molar-refractivity contribution in [2.45, 2.75) is 0 Å². The highest BCUT2D eigenvalue weighted by atomic mass is 14.2. The van der Waals surface area contributed by atoms with Crippen LogP contribution in [0.3, 0.4) is 0 Å². The summed E-state index contributed by atoms with van der Waals surface area (Å²) in [6.07, 6.45) is 3.98. The van der Waals surface area contributed by atoms with E-state index in [2.05, 4.69) is 159 Å². The molecule has 0 radical (unpaired) electrons. The molecule has 0 aliphatic heterocycles. The number of hydrogen-bond acceptors (Lipinski definition) is 0. The first kappa shape index (κ1) is 25.9. The van der Waals surface area contributed by atoms with Crippen LogP contribution in [0.15, 0.2) is 159 Å². The fourth-order valence-corrected chi connectivity index (χ4v) is 7.09. The van der Waals surface area contributed by atoms with E-state index in [9.17, 15) is 0 Å². The second-order valence-electron chi connectivity index (χ2n) is 11.3. The minimum absolute atomic E-state index is 1.10. The number of benzene rings is 8. The Hall–Kier alpha value is -5.72. The lowest BCUT2D eigenvalue weighted by molar-refractivity contribution is 1.58. The van der Waals surface area contributed by atoms with E-state index in [0.29, 0.717) is 0 Å². The molecule has 8 aromatic rings. The van der Waals surface area contributed by atoms with Gasteiger partial charge >= 0.3 is 0 Å². The standard InChI is InChI=1S/C44H30/c1-3-34-35(4-2)43(40-24-13-12-23-39(40)42(34)30-16-6-5-7-17-30)32-19-14-18-31(27-32)41-28-33-26-25-29-15-8-9-20-36(29)44(33)38-22-11-10-21-37(38)41/h3-28H,1-2H2. The molecule has 0 bridgehead atoms. The zero-order valence-electron chi connectivity index (χ0n) is 24.4. The molecule has 0 atom stereocenters. The van der Waals surface area contributed by atoms with Crippen molar-refractivity contribution in [1.29, 1.82) is 0 Å². The van der Waals surface area contributed by atoms with Crippen LogP contribution in [0.2, 0.25) is 0 Å². The van der Waals surface area contributed by atoms with E-state index in [-0.39, 0.29) is 0 Å². The minimum atomic E-state index is 1.10. The Labute approximate surface area is 257 Å². The summed E-state index contributed by atoms with van der Waals surface area (Å²) in [5, 5.41) is 10.1. The molecule has 0 fully saturated rings. The molecule has 0 nitrogen and oxygen atoms in total. The molecule has 206 valence electrons. The second kappa shape index (κ2) is 10.5. The molecule has 0 aliphatic carbocycles. The highest BCUT2D eigenvalue weighted by molar-refractivity contribution is 6.23. The van der Waals surface area contributed by atoms with Crippen LogP contribution in [0.1, 0.15) is 11.1 Å². The predicted octanol–water partition coefficient (Wildman–Crippen LogP) is 12.6. The number of rotatable bonds is 5. The highest BCUT2D eigenvalue weighted by Crippen LogP contribution is 2.45. The molecule has 0 spiro atoms. The van der Waals surface area contributed by atoms with Crippen molar-refractivity contribution >= 4 is 55.2 Å². The van der Waals surface area contributed by atoms with E-state index < -0.39 is 0 Å². The van der Waals surface area contributed by atoms with Crippen LogP contribution < -0.4 is 0 Å². The minimum Gasteiger partial charge on any atom is -0.0984 e. The zero-order chi connectivity index (χ0) is 29.6. The molecule has 8 rings (SSSR count). The van der Waals surface area contributed by atoms with Crippen LogP contribution in [0, 0.1) is 0 Å². The molecule has 0 aliphatic rings. The molecule has 0 unspecified atom stereocenters. The first-order valence-electron chi connectivity index (χ1n) is 15.1. The van der Waals surface area contributed by atoms with E-state index in [1.165, 1.54) is 76.5 Å². The van der Waals surface area contributed by atoms with Gasteiger partial charge in [0.25, 0.3) is 0 Å². The maximum Gasteiger partial charge on any atom is -0.00264 e. The van der Waals surface area contributed by atoms with Crippen molar-refractivity contribution in [2.24, 2.45) is 0 Å². The molecule has 0 heterocycles. The van der Waals surface area contributed by atoms with Gasteiger partial charge in [-0.1, -0.05) is 159 Å². The Kier molecular flexibility index (Phi) is 6.21. The smallest absolute Gasteiger partial charge is 0.00264 e. The maximum absolute atomic E-state index is 4.30. The quantitative estimate of drug-likeness (QED) is 0.184. The van der Waals surface area contributed by atoms with Crippen molar-refractivity contribution in [3.8, 4) is 33.4 Å². The van der Waals surface area contributed by atoms with E-state index in [1.807, 2.05) is 12.2 Å². The SMILES string of the molecule is C=Cc1c(C=C)c(-c2cccc(-c3cc4ccc5ccccc5c4c4ccccc34)c2)c2ccccc2c1-c1ccccc1. The molecule has 0 saturated carbocycles. The lowest BCUT2D eigenvalue weighted by atomic mass is 9.83. The van der Waals surface area contributed by atoms with Crippen molar-refractivity contribution < 1.29 is 0 Å². The van der Waals surface area contributed by atoms with Crippen molar-refractivity contribution in [3.63, 3.8) is 0 Å². The van der Waals surface area contributed by atoms with Gasteiger partial charge < -0.3 is 0 Å². The summed E-state index contributed by atoms with van der Waals surface area (Å²) < 4.78 is 0.